The number of aromatic nitrogens is 2. The van der Waals surface area contributed by atoms with Crippen molar-refractivity contribution < 1.29 is 0 Å². The zero-order valence-corrected chi connectivity index (χ0v) is 12.0. The number of hydrogen-bond acceptors (Lipinski definition) is 2. The first-order chi connectivity index (χ1) is 5.61. The molecule has 0 atom stereocenters. The molecule has 0 N–H and O–H groups in total. The van der Waals surface area contributed by atoms with Crippen LogP contribution in [0.1, 0.15) is 22.8 Å². The van der Waals surface area contributed by atoms with Gasteiger partial charge >= 0.3 is 0 Å². The van der Waals surface area contributed by atoms with Gasteiger partial charge in [-0.15, -0.1) is 0 Å². The van der Waals surface area contributed by atoms with Gasteiger partial charge in [-0.25, -0.2) is 9.97 Å². The molecule has 0 bridgehead atoms. The molecular weight excluding hydrogens is 378 g/mol. The Balaban J connectivity index is 0.000000561. The molecule has 0 radical (unpaired) electrons. The van der Waals surface area contributed by atoms with Crippen LogP contribution in [0.15, 0.2) is 0 Å². The second kappa shape index (κ2) is 6.06. The SMILES string of the molecule is Cc1nc(C)c(C)c(C)n1.II. The minimum atomic E-state index is 0.862. The van der Waals surface area contributed by atoms with Crippen LogP contribution in [-0.4, -0.2) is 9.97 Å². The maximum atomic E-state index is 4.22. The molecule has 0 saturated heterocycles. The highest BCUT2D eigenvalue weighted by atomic mass is 128. The minimum Gasteiger partial charge on any atom is -0.238 e. The summed E-state index contributed by atoms with van der Waals surface area (Å²) in [5.74, 6) is 0.862. The summed E-state index contributed by atoms with van der Waals surface area (Å²) in [6.45, 7) is 7.98. The van der Waals surface area contributed by atoms with Crippen molar-refractivity contribution >= 4 is 37.2 Å². The van der Waals surface area contributed by atoms with Crippen LogP contribution < -0.4 is 0 Å². The monoisotopic (exact) mass is 390 g/mol. The van der Waals surface area contributed by atoms with Gasteiger partial charge in [-0.1, -0.05) is 0 Å². The van der Waals surface area contributed by atoms with E-state index in [1.807, 2.05) is 27.7 Å². The van der Waals surface area contributed by atoms with Gasteiger partial charge in [-0.2, -0.15) is 0 Å². The Labute approximate surface area is 96.9 Å². The lowest BCUT2D eigenvalue weighted by atomic mass is 10.2. The van der Waals surface area contributed by atoms with Crippen LogP contribution >= 0.6 is 37.2 Å². The van der Waals surface area contributed by atoms with Crippen LogP contribution in [-0.2, 0) is 0 Å². The van der Waals surface area contributed by atoms with Crippen LogP contribution in [0.2, 0.25) is 0 Å². The van der Waals surface area contributed by atoms with E-state index in [0.717, 1.165) is 17.2 Å². The Morgan fingerprint density at radius 1 is 0.833 bits per heavy atom. The standard InChI is InChI=1S/C8H12N2.I2/c1-5-6(2)9-8(4)10-7(5)3;1-2/h1-4H3;. The van der Waals surface area contributed by atoms with Crippen molar-refractivity contribution in [3.05, 3.63) is 22.8 Å². The zero-order valence-electron chi connectivity index (χ0n) is 7.65. The molecule has 2 nitrogen and oxygen atoms in total. The van der Waals surface area contributed by atoms with E-state index >= 15 is 0 Å². The van der Waals surface area contributed by atoms with Crippen molar-refractivity contribution in [3.63, 3.8) is 0 Å². The molecule has 0 fully saturated rings. The van der Waals surface area contributed by atoms with Gasteiger partial charge in [0.1, 0.15) is 5.82 Å². The summed E-state index contributed by atoms with van der Waals surface area (Å²) in [7, 11) is 0. The van der Waals surface area contributed by atoms with E-state index in [4.69, 9.17) is 0 Å². The smallest absolute Gasteiger partial charge is 0.125 e. The highest BCUT2D eigenvalue weighted by Crippen LogP contribution is 2.06. The molecule has 0 spiro atoms. The third kappa shape index (κ3) is 3.51. The van der Waals surface area contributed by atoms with Crippen LogP contribution in [0.25, 0.3) is 0 Å². The molecule has 0 unspecified atom stereocenters. The molecule has 0 saturated carbocycles. The first kappa shape index (κ1) is 12.5. The highest BCUT2D eigenvalue weighted by Gasteiger charge is 1.99. The molecular formula is C8H12I2N2. The van der Waals surface area contributed by atoms with Gasteiger partial charge in [0.05, 0.1) is 0 Å². The molecule has 0 aliphatic carbocycles. The molecule has 1 aromatic rings. The van der Waals surface area contributed by atoms with Crippen molar-refractivity contribution in [1.82, 2.24) is 9.97 Å². The van der Waals surface area contributed by atoms with Crippen molar-refractivity contribution in [1.29, 1.82) is 0 Å². The molecule has 1 heterocycles. The second-order valence-electron chi connectivity index (χ2n) is 2.57. The maximum Gasteiger partial charge on any atom is 0.125 e. The fourth-order valence-electron chi connectivity index (χ4n) is 0.940. The molecule has 12 heavy (non-hydrogen) atoms. The normalized spacial score (nSPS) is 8.83. The summed E-state index contributed by atoms with van der Waals surface area (Å²) in [5.41, 5.74) is 3.38. The predicted octanol–water partition coefficient (Wildman–Crippen LogP) is 3.48. The molecule has 4 heteroatoms. The van der Waals surface area contributed by atoms with E-state index in [2.05, 4.69) is 47.2 Å². The summed E-state index contributed by atoms with van der Waals surface area (Å²) in [6, 6.07) is 0. The Hall–Kier alpha value is 0.540. The third-order valence-electron chi connectivity index (χ3n) is 1.74. The quantitative estimate of drug-likeness (QED) is 0.635. The summed E-state index contributed by atoms with van der Waals surface area (Å²) >= 11 is 4.24. The molecule has 0 aromatic carbocycles. The van der Waals surface area contributed by atoms with Gasteiger partial charge in [0.25, 0.3) is 0 Å². The van der Waals surface area contributed by atoms with Crippen LogP contribution in [0.5, 0.6) is 0 Å². The molecule has 1 aromatic heterocycles. The van der Waals surface area contributed by atoms with Crippen LogP contribution in [0.3, 0.4) is 0 Å². The van der Waals surface area contributed by atoms with Gasteiger partial charge < -0.3 is 0 Å². The van der Waals surface area contributed by atoms with Gasteiger partial charge in [-0.05, 0) is 33.3 Å². The lowest BCUT2D eigenvalue weighted by Crippen LogP contribution is -1.97. The van der Waals surface area contributed by atoms with Gasteiger partial charge in [-0.3, -0.25) is 0 Å². The largest absolute Gasteiger partial charge is 0.238 e. The van der Waals surface area contributed by atoms with Crippen LogP contribution in [0.4, 0.5) is 0 Å². The summed E-state index contributed by atoms with van der Waals surface area (Å²) in [4.78, 5) is 8.45. The average molecular weight is 390 g/mol. The number of rotatable bonds is 0. The van der Waals surface area contributed by atoms with E-state index in [1.165, 1.54) is 5.56 Å². The fourth-order valence-corrected chi connectivity index (χ4v) is 0.940. The van der Waals surface area contributed by atoms with Crippen molar-refractivity contribution in [2.45, 2.75) is 27.7 Å². The molecule has 0 amide bonds. The fraction of sp³-hybridized carbons (Fsp3) is 0.500. The van der Waals surface area contributed by atoms with Crippen molar-refractivity contribution in [2.24, 2.45) is 0 Å². The predicted molar refractivity (Wildman–Crippen MR) is 69.0 cm³/mol. The van der Waals surface area contributed by atoms with Gasteiger partial charge in [0.2, 0.25) is 0 Å². The summed E-state index contributed by atoms with van der Waals surface area (Å²) in [5, 5.41) is 0. The Kier molecular flexibility index (Phi) is 6.34. The Morgan fingerprint density at radius 3 is 1.50 bits per heavy atom. The number of nitrogens with zero attached hydrogens (tertiary/aromatic N) is 2. The Morgan fingerprint density at radius 2 is 1.17 bits per heavy atom. The van der Waals surface area contributed by atoms with E-state index in [9.17, 15) is 0 Å². The second-order valence-corrected chi connectivity index (χ2v) is 2.57. The third-order valence-corrected chi connectivity index (χ3v) is 1.74. The summed E-state index contributed by atoms with van der Waals surface area (Å²) in [6.07, 6.45) is 0. The zero-order chi connectivity index (χ0) is 9.72. The number of halogens is 2. The lowest BCUT2D eigenvalue weighted by molar-refractivity contribution is 0.948. The summed E-state index contributed by atoms with van der Waals surface area (Å²) < 4.78 is 0. The first-order valence-electron chi connectivity index (χ1n) is 3.54. The number of hydrogen-bond donors (Lipinski definition) is 0. The molecule has 68 valence electrons. The van der Waals surface area contributed by atoms with E-state index in [1.54, 1.807) is 0 Å². The minimum absolute atomic E-state index is 0.862. The molecule has 0 aliphatic heterocycles. The molecule has 1 rings (SSSR count). The van der Waals surface area contributed by atoms with Crippen molar-refractivity contribution in [2.75, 3.05) is 0 Å². The van der Waals surface area contributed by atoms with Gasteiger partial charge in [0, 0.05) is 48.6 Å². The highest BCUT2D eigenvalue weighted by molar-refractivity contribution is 15.0. The van der Waals surface area contributed by atoms with E-state index in [-0.39, 0.29) is 0 Å². The molecule has 0 aliphatic rings. The lowest BCUT2D eigenvalue weighted by Gasteiger charge is -2.02. The van der Waals surface area contributed by atoms with Crippen molar-refractivity contribution in [3.8, 4) is 0 Å². The van der Waals surface area contributed by atoms with E-state index in [0.29, 0.717) is 0 Å². The Bertz CT molecular complexity index is 238. The first-order valence-corrected chi connectivity index (χ1v) is 9.82. The van der Waals surface area contributed by atoms with Crippen LogP contribution in [0, 0.1) is 27.7 Å². The maximum absolute atomic E-state index is 4.22. The average Bonchev–Trinajstić information content (AvgIpc) is 2.04. The van der Waals surface area contributed by atoms with E-state index < -0.39 is 0 Å². The number of aryl methyl sites for hydroxylation is 3. The topological polar surface area (TPSA) is 25.8 Å². The van der Waals surface area contributed by atoms with Gasteiger partial charge in [0.15, 0.2) is 0 Å².